The Hall–Kier alpha value is -2.07. The van der Waals surface area contributed by atoms with Crippen molar-refractivity contribution in [3.05, 3.63) is 70.3 Å². The summed E-state index contributed by atoms with van der Waals surface area (Å²) in [5, 5.41) is 3.93. The number of aromatic nitrogens is 1. The van der Waals surface area contributed by atoms with Crippen LogP contribution < -0.4 is 5.32 Å². The highest BCUT2D eigenvalue weighted by molar-refractivity contribution is 9.10. The minimum atomic E-state index is -0.0532. The average Bonchev–Trinajstić information content (AvgIpc) is 2.82. The Morgan fingerprint density at radius 1 is 1.19 bits per heavy atom. The SMILES string of the molecule is Cn1cc(C(=O)NCc2ccccc2)c2cc(Br)ccc21. The first-order valence-electron chi connectivity index (χ1n) is 6.72. The van der Waals surface area contributed by atoms with E-state index in [1.807, 2.05) is 66.3 Å². The van der Waals surface area contributed by atoms with Crippen LogP contribution in [-0.4, -0.2) is 10.5 Å². The van der Waals surface area contributed by atoms with Crippen LogP contribution in [0.25, 0.3) is 10.9 Å². The maximum atomic E-state index is 12.4. The molecule has 1 aromatic heterocycles. The Bertz CT molecular complexity index is 793. The lowest BCUT2D eigenvalue weighted by molar-refractivity contribution is 0.0952. The zero-order valence-corrected chi connectivity index (χ0v) is 13.2. The van der Waals surface area contributed by atoms with E-state index >= 15 is 0 Å². The van der Waals surface area contributed by atoms with Gasteiger partial charge < -0.3 is 9.88 Å². The number of hydrogen-bond donors (Lipinski definition) is 1. The first-order chi connectivity index (χ1) is 10.1. The lowest BCUT2D eigenvalue weighted by Crippen LogP contribution is -2.22. The summed E-state index contributed by atoms with van der Waals surface area (Å²) in [5.41, 5.74) is 2.83. The number of rotatable bonds is 3. The number of nitrogens with zero attached hydrogens (tertiary/aromatic N) is 1. The molecule has 3 rings (SSSR count). The molecule has 0 radical (unpaired) electrons. The molecule has 0 atom stereocenters. The smallest absolute Gasteiger partial charge is 0.253 e. The molecule has 0 saturated carbocycles. The Morgan fingerprint density at radius 3 is 2.71 bits per heavy atom. The highest BCUT2D eigenvalue weighted by atomic mass is 79.9. The van der Waals surface area contributed by atoms with Crippen LogP contribution in [-0.2, 0) is 13.6 Å². The van der Waals surface area contributed by atoms with Gasteiger partial charge in [0.1, 0.15) is 0 Å². The van der Waals surface area contributed by atoms with E-state index in [2.05, 4.69) is 21.2 Å². The molecule has 1 heterocycles. The largest absolute Gasteiger partial charge is 0.350 e. The zero-order valence-electron chi connectivity index (χ0n) is 11.6. The molecule has 4 heteroatoms. The predicted octanol–water partition coefficient (Wildman–Crippen LogP) is 3.87. The van der Waals surface area contributed by atoms with Crippen LogP contribution >= 0.6 is 15.9 Å². The van der Waals surface area contributed by atoms with Crippen LogP contribution in [0.15, 0.2) is 59.2 Å². The minimum absolute atomic E-state index is 0.0532. The highest BCUT2D eigenvalue weighted by Gasteiger charge is 2.13. The van der Waals surface area contributed by atoms with E-state index in [-0.39, 0.29) is 5.91 Å². The van der Waals surface area contributed by atoms with Crippen LogP contribution in [0.1, 0.15) is 15.9 Å². The zero-order chi connectivity index (χ0) is 14.8. The summed E-state index contributed by atoms with van der Waals surface area (Å²) in [6.07, 6.45) is 1.87. The summed E-state index contributed by atoms with van der Waals surface area (Å²) in [6, 6.07) is 15.9. The van der Waals surface area contributed by atoms with Crippen molar-refractivity contribution in [1.29, 1.82) is 0 Å². The van der Waals surface area contributed by atoms with Gasteiger partial charge in [-0.15, -0.1) is 0 Å². The van der Waals surface area contributed by atoms with E-state index in [4.69, 9.17) is 0 Å². The van der Waals surface area contributed by atoms with Crippen molar-refractivity contribution in [2.24, 2.45) is 7.05 Å². The van der Waals surface area contributed by atoms with Crippen molar-refractivity contribution >= 4 is 32.7 Å². The van der Waals surface area contributed by atoms with Gasteiger partial charge in [0, 0.05) is 35.2 Å². The lowest BCUT2D eigenvalue weighted by atomic mass is 10.1. The molecule has 0 bridgehead atoms. The van der Waals surface area contributed by atoms with Gasteiger partial charge >= 0.3 is 0 Å². The van der Waals surface area contributed by atoms with Gasteiger partial charge in [0.25, 0.3) is 5.91 Å². The third-order valence-electron chi connectivity index (χ3n) is 3.49. The second kappa shape index (κ2) is 5.74. The molecule has 0 fully saturated rings. The van der Waals surface area contributed by atoms with Gasteiger partial charge in [-0.05, 0) is 23.8 Å². The van der Waals surface area contributed by atoms with E-state index < -0.39 is 0 Å². The van der Waals surface area contributed by atoms with Crippen LogP contribution in [0.4, 0.5) is 0 Å². The van der Waals surface area contributed by atoms with Crippen molar-refractivity contribution in [3.8, 4) is 0 Å². The fourth-order valence-electron chi connectivity index (χ4n) is 2.42. The fraction of sp³-hybridized carbons (Fsp3) is 0.118. The quantitative estimate of drug-likeness (QED) is 0.770. The molecule has 0 unspecified atom stereocenters. The van der Waals surface area contributed by atoms with Crippen molar-refractivity contribution in [2.75, 3.05) is 0 Å². The summed E-state index contributed by atoms with van der Waals surface area (Å²) in [5.74, 6) is -0.0532. The van der Waals surface area contributed by atoms with Gasteiger partial charge in [0.05, 0.1) is 5.56 Å². The number of hydrogen-bond acceptors (Lipinski definition) is 1. The standard InChI is InChI=1S/C17H15BrN2O/c1-20-11-15(14-9-13(18)7-8-16(14)20)17(21)19-10-12-5-3-2-4-6-12/h2-9,11H,10H2,1H3,(H,19,21). The molecule has 106 valence electrons. The molecular formula is C17H15BrN2O. The van der Waals surface area contributed by atoms with Crippen LogP contribution in [0.3, 0.4) is 0 Å². The Morgan fingerprint density at radius 2 is 1.95 bits per heavy atom. The van der Waals surface area contributed by atoms with Gasteiger partial charge in [0.15, 0.2) is 0 Å². The highest BCUT2D eigenvalue weighted by Crippen LogP contribution is 2.24. The number of carbonyl (C=O) groups is 1. The van der Waals surface area contributed by atoms with Gasteiger partial charge in [0.2, 0.25) is 0 Å². The number of carbonyl (C=O) groups excluding carboxylic acids is 1. The normalized spacial score (nSPS) is 10.8. The maximum Gasteiger partial charge on any atom is 0.253 e. The summed E-state index contributed by atoms with van der Waals surface area (Å²) >= 11 is 3.46. The molecular weight excluding hydrogens is 328 g/mol. The Balaban J connectivity index is 1.86. The van der Waals surface area contributed by atoms with E-state index in [0.717, 1.165) is 20.9 Å². The average molecular weight is 343 g/mol. The molecule has 3 nitrogen and oxygen atoms in total. The molecule has 0 saturated heterocycles. The molecule has 21 heavy (non-hydrogen) atoms. The number of aryl methyl sites for hydroxylation is 1. The third kappa shape index (κ3) is 2.85. The van der Waals surface area contributed by atoms with Gasteiger partial charge in [-0.1, -0.05) is 46.3 Å². The van der Waals surface area contributed by atoms with Gasteiger partial charge in [-0.2, -0.15) is 0 Å². The Labute approximate surface area is 131 Å². The number of amides is 1. The first-order valence-corrected chi connectivity index (χ1v) is 7.51. The molecule has 1 amide bonds. The third-order valence-corrected chi connectivity index (χ3v) is 3.99. The van der Waals surface area contributed by atoms with Crippen molar-refractivity contribution in [3.63, 3.8) is 0 Å². The van der Waals surface area contributed by atoms with E-state index in [1.165, 1.54) is 0 Å². The summed E-state index contributed by atoms with van der Waals surface area (Å²) < 4.78 is 2.94. The first kappa shape index (κ1) is 13.9. The van der Waals surface area contributed by atoms with E-state index in [1.54, 1.807) is 0 Å². The van der Waals surface area contributed by atoms with Crippen molar-refractivity contribution < 1.29 is 4.79 Å². The maximum absolute atomic E-state index is 12.4. The fourth-order valence-corrected chi connectivity index (χ4v) is 2.78. The monoisotopic (exact) mass is 342 g/mol. The minimum Gasteiger partial charge on any atom is -0.350 e. The van der Waals surface area contributed by atoms with Crippen LogP contribution in [0.2, 0.25) is 0 Å². The molecule has 2 aromatic carbocycles. The summed E-state index contributed by atoms with van der Waals surface area (Å²) in [4.78, 5) is 12.4. The van der Waals surface area contributed by atoms with Gasteiger partial charge in [-0.25, -0.2) is 0 Å². The number of nitrogens with one attached hydrogen (secondary N) is 1. The van der Waals surface area contributed by atoms with Crippen LogP contribution in [0.5, 0.6) is 0 Å². The molecule has 3 aromatic rings. The summed E-state index contributed by atoms with van der Waals surface area (Å²) in [7, 11) is 1.95. The molecule has 0 aliphatic carbocycles. The molecule has 0 aliphatic heterocycles. The van der Waals surface area contributed by atoms with Crippen molar-refractivity contribution in [1.82, 2.24) is 9.88 Å². The summed E-state index contributed by atoms with van der Waals surface area (Å²) in [6.45, 7) is 0.532. The van der Waals surface area contributed by atoms with E-state index in [9.17, 15) is 4.79 Å². The van der Waals surface area contributed by atoms with Gasteiger partial charge in [-0.3, -0.25) is 4.79 Å². The predicted molar refractivity (Wildman–Crippen MR) is 88.2 cm³/mol. The topological polar surface area (TPSA) is 34.0 Å². The molecule has 0 spiro atoms. The number of fused-ring (bicyclic) bond motifs is 1. The number of halogens is 1. The molecule has 1 N–H and O–H groups in total. The van der Waals surface area contributed by atoms with E-state index in [0.29, 0.717) is 12.1 Å². The Kier molecular flexibility index (Phi) is 3.80. The second-order valence-electron chi connectivity index (χ2n) is 4.98. The lowest BCUT2D eigenvalue weighted by Gasteiger charge is -2.04. The second-order valence-corrected chi connectivity index (χ2v) is 5.90. The number of benzene rings is 2. The van der Waals surface area contributed by atoms with Crippen molar-refractivity contribution in [2.45, 2.75) is 6.54 Å². The molecule has 0 aliphatic rings. The van der Waals surface area contributed by atoms with Crippen LogP contribution in [0, 0.1) is 0 Å².